The smallest absolute Gasteiger partial charge is 0.317 e. The summed E-state index contributed by atoms with van der Waals surface area (Å²) in [5.74, 6) is -0.190. The molecule has 0 saturated heterocycles. The molecule has 25 heavy (non-hydrogen) atoms. The molecule has 0 aromatic heterocycles. The SMILES string of the molecule is CC(C)N(CCS(=O)(=O)c1ccc(Cl)c(Cl)c1)C(=O)NCCN(C)C. The van der Waals surface area contributed by atoms with Gasteiger partial charge < -0.3 is 15.1 Å². The van der Waals surface area contributed by atoms with Crippen molar-refractivity contribution in [3.63, 3.8) is 0 Å². The Balaban J connectivity index is 2.75. The standard InChI is InChI=1S/C16H25Cl2N3O3S/c1-12(2)21(16(22)19-7-8-20(3)4)9-10-25(23,24)13-5-6-14(17)15(18)11-13/h5-6,11-12H,7-10H2,1-4H3,(H,19,22). The Hall–Kier alpha value is -1.02. The van der Waals surface area contributed by atoms with Crippen LogP contribution in [-0.2, 0) is 9.84 Å². The minimum atomic E-state index is -3.57. The Bertz CT molecular complexity index is 694. The number of sulfone groups is 1. The molecule has 0 fully saturated rings. The monoisotopic (exact) mass is 409 g/mol. The fourth-order valence-corrected chi connectivity index (χ4v) is 3.70. The summed E-state index contributed by atoms with van der Waals surface area (Å²) in [5, 5.41) is 3.28. The lowest BCUT2D eigenvalue weighted by Gasteiger charge is -2.27. The van der Waals surface area contributed by atoms with Crippen LogP contribution < -0.4 is 5.32 Å². The number of nitrogens with one attached hydrogen (secondary N) is 1. The van der Waals surface area contributed by atoms with Crippen LogP contribution in [0.3, 0.4) is 0 Å². The maximum atomic E-state index is 12.5. The quantitative estimate of drug-likeness (QED) is 0.716. The van der Waals surface area contributed by atoms with Crippen LogP contribution in [0.4, 0.5) is 4.79 Å². The number of hydrogen-bond acceptors (Lipinski definition) is 4. The molecule has 0 saturated carbocycles. The van der Waals surface area contributed by atoms with Crippen LogP contribution in [0.1, 0.15) is 13.8 Å². The molecule has 0 atom stereocenters. The lowest BCUT2D eigenvalue weighted by molar-refractivity contribution is 0.186. The molecular formula is C16H25Cl2N3O3S. The van der Waals surface area contributed by atoms with E-state index in [-0.39, 0.29) is 34.3 Å². The lowest BCUT2D eigenvalue weighted by Crippen LogP contribution is -2.47. The van der Waals surface area contributed by atoms with E-state index < -0.39 is 9.84 Å². The van der Waals surface area contributed by atoms with Gasteiger partial charge in [-0.05, 0) is 46.1 Å². The molecule has 1 N–H and O–H groups in total. The maximum Gasteiger partial charge on any atom is 0.317 e. The van der Waals surface area contributed by atoms with Gasteiger partial charge in [-0.2, -0.15) is 0 Å². The van der Waals surface area contributed by atoms with Crippen LogP contribution in [0, 0.1) is 0 Å². The van der Waals surface area contributed by atoms with Gasteiger partial charge in [0.15, 0.2) is 9.84 Å². The number of carbonyl (C=O) groups is 1. The molecule has 1 rings (SSSR count). The summed E-state index contributed by atoms with van der Waals surface area (Å²) < 4.78 is 25.0. The first-order valence-electron chi connectivity index (χ1n) is 7.91. The lowest BCUT2D eigenvalue weighted by atomic mass is 10.3. The normalized spacial score (nSPS) is 11.8. The van der Waals surface area contributed by atoms with Crippen molar-refractivity contribution < 1.29 is 13.2 Å². The highest BCUT2D eigenvalue weighted by Crippen LogP contribution is 2.25. The van der Waals surface area contributed by atoms with Crippen molar-refractivity contribution in [2.75, 3.05) is 39.5 Å². The van der Waals surface area contributed by atoms with Crippen molar-refractivity contribution in [1.29, 1.82) is 0 Å². The van der Waals surface area contributed by atoms with Gasteiger partial charge in [-0.25, -0.2) is 13.2 Å². The molecule has 0 unspecified atom stereocenters. The summed E-state index contributed by atoms with van der Waals surface area (Å²) in [6, 6.07) is 3.80. The minimum Gasteiger partial charge on any atom is -0.337 e. The molecule has 0 aliphatic heterocycles. The molecule has 2 amide bonds. The first-order valence-corrected chi connectivity index (χ1v) is 10.3. The van der Waals surface area contributed by atoms with E-state index in [2.05, 4.69) is 5.32 Å². The van der Waals surface area contributed by atoms with Gasteiger partial charge in [0.1, 0.15) is 0 Å². The molecule has 0 aliphatic rings. The highest BCUT2D eigenvalue weighted by molar-refractivity contribution is 7.91. The van der Waals surface area contributed by atoms with E-state index in [1.54, 1.807) is 0 Å². The van der Waals surface area contributed by atoms with E-state index >= 15 is 0 Å². The van der Waals surface area contributed by atoms with Crippen molar-refractivity contribution in [3.8, 4) is 0 Å². The number of nitrogens with zero attached hydrogens (tertiary/aromatic N) is 2. The minimum absolute atomic E-state index is 0.0913. The van der Waals surface area contributed by atoms with Crippen molar-refractivity contribution in [2.45, 2.75) is 24.8 Å². The molecule has 0 heterocycles. The summed E-state index contributed by atoms with van der Waals surface area (Å²) in [6.07, 6.45) is 0. The highest BCUT2D eigenvalue weighted by atomic mass is 35.5. The van der Waals surface area contributed by atoms with Gasteiger partial charge in [-0.3, -0.25) is 0 Å². The summed E-state index contributed by atoms with van der Waals surface area (Å²) in [6.45, 7) is 4.98. The number of carbonyl (C=O) groups excluding carboxylic acids is 1. The van der Waals surface area contributed by atoms with Crippen molar-refractivity contribution in [1.82, 2.24) is 15.1 Å². The zero-order valence-electron chi connectivity index (χ0n) is 14.9. The third kappa shape index (κ3) is 7.01. The third-order valence-corrected chi connectivity index (χ3v) is 6.00. The Labute approximate surface area is 160 Å². The Morgan fingerprint density at radius 2 is 1.80 bits per heavy atom. The number of urea groups is 1. The number of benzene rings is 1. The van der Waals surface area contributed by atoms with Crippen molar-refractivity contribution in [3.05, 3.63) is 28.2 Å². The van der Waals surface area contributed by atoms with Crippen LogP contribution in [-0.4, -0.2) is 69.8 Å². The zero-order valence-corrected chi connectivity index (χ0v) is 17.2. The first-order chi connectivity index (χ1) is 11.5. The molecule has 0 spiro atoms. The molecule has 1 aromatic rings. The first kappa shape index (κ1) is 22.0. The van der Waals surface area contributed by atoms with Gasteiger partial charge in [-0.15, -0.1) is 0 Å². The van der Waals surface area contributed by atoms with E-state index in [4.69, 9.17) is 23.2 Å². The summed E-state index contributed by atoms with van der Waals surface area (Å²) in [5.41, 5.74) is 0. The van der Waals surface area contributed by atoms with Crippen molar-refractivity contribution in [2.24, 2.45) is 0 Å². The average Bonchev–Trinajstić information content (AvgIpc) is 2.49. The predicted octanol–water partition coefficient (Wildman–Crippen LogP) is 2.75. The molecule has 1 aromatic carbocycles. The Morgan fingerprint density at radius 3 is 2.32 bits per heavy atom. The highest BCUT2D eigenvalue weighted by Gasteiger charge is 2.22. The van der Waals surface area contributed by atoms with Crippen LogP contribution in [0.15, 0.2) is 23.1 Å². The topological polar surface area (TPSA) is 69.7 Å². The molecule has 9 heteroatoms. The average molecular weight is 410 g/mol. The second-order valence-electron chi connectivity index (χ2n) is 6.22. The van der Waals surface area contributed by atoms with Gasteiger partial charge in [0, 0.05) is 25.7 Å². The number of likely N-dealkylation sites (N-methyl/N-ethyl adjacent to an activating group) is 1. The van der Waals surface area contributed by atoms with Crippen LogP contribution in [0.25, 0.3) is 0 Å². The molecule has 0 bridgehead atoms. The summed E-state index contributed by atoms with van der Waals surface area (Å²) in [4.78, 5) is 15.8. The van der Waals surface area contributed by atoms with E-state index in [0.717, 1.165) is 0 Å². The third-order valence-electron chi connectivity index (χ3n) is 3.57. The number of halogens is 2. The van der Waals surface area contributed by atoms with Gasteiger partial charge >= 0.3 is 6.03 Å². The fraction of sp³-hybridized carbons (Fsp3) is 0.562. The van der Waals surface area contributed by atoms with E-state index in [9.17, 15) is 13.2 Å². The second kappa shape index (κ2) is 9.62. The molecule has 0 radical (unpaired) electrons. The van der Waals surface area contributed by atoms with Gasteiger partial charge in [0.05, 0.1) is 20.7 Å². The molecule has 142 valence electrons. The number of hydrogen-bond donors (Lipinski definition) is 1. The summed E-state index contributed by atoms with van der Waals surface area (Å²) in [7, 11) is 0.257. The summed E-state index contributed by atoms with van der Waals surface area (Å²) >= 11 is 11.7. The number of rotatable bonds is 8. The van der Waals surface area contributed by atoms with Crippen molar-refractivity contribution >= 4 is 39.1 Å². The Kier molecular flexibility index (Phi) is 8.47. The predicted molar refractivity (Wildman–Crippen MR) is 102 cm³/mol. The van der Waals surface area contributed by atoms with Gasteiger partial charge in [0.25, 0.3) is 0 Å². The largest absolute Gasteiger partial charge is 0.337 e. The molecular weight excluding hydrogens is 385 g/mol. The van der Waals surface area contributed by atoms with Crippen LogP contribution in [0.2, 0.25) is 10.0 Å². The fourth-order valence-electron chi connectivity index (χ4n) is 2.09. The van der Waals surface area contributed by atoms with E-state index in [1.807, 2.05) is 32.8 Å². The van der Waals surface area contributed by atoms with E-state index in [0.29, 0.717) is 18.1 Å². The zero-order chi connectivity index (χ0) is 19.2. The van der Waals surface area contributed by atoms with Crippen LogP contribution >= 0.6 is 23.2 Å². The molecule has 6 nitrogen and oxygen atoms in total. The number of amides is 2. The Morgan fingerprint density at radius 1 is 1.16 bits per heavy atom. The maximum absolute atomic E-state index is 12.5. The van der Waals surface area contributed by atoms with Gasteiger partial charge in [-0.1, -0.05) is 23.2 Å². The second-order valence-corrected chi connectivity index (χ2v) is 9.14. The van der Waals surface area contributed by atoms with Crippen LogP contribution in [0.5, 0.6) is 0 Å². The molecule has 0 aliphatic carbocycles. The van der Waals surface area contributed by atoms with E-state index in [1.165, 1.54) is 23.1 Å². The van der Waals surface area contributed by atoms with Gasteiger partial charge in [0.2, 0.25) is 0 Å².